The number of carbonyl (C=O) groups excluding carboxylic acids is 1. The Morgan fingerprint density at radius 2 is 1.65 bits per heavy atom. The van der Waals surface area contributed by atoms with Crippen molar-refractivity contribution in [3.63, 3.8) is 0 Å². The monoisotopic (exact) mass is 301 g/mol. The van der Waals surface area contributed by atoms with Gasteiger partial charge in [-0.25, -0.2) is 0 Å². The quantitative estimate of drug-likeness (QED) is 0.638. The molecule has 2 aromatic carbocycles. The molecule has 0 atom stereocenters. The molecule has 1 heterocycles. The average molecular weight is 302 g/mol. The summed E-state index contributed by atoms with van der Waals surface area (Å²) in [5.41, 5.74) is 1.00. The Bertz CT molecular complexity index is 789. The summed E-state index contributed by atoms with van der Waals surface area (Å²) in [6.07, 6.45) is 3.30. The number of pyridine rings is 1. The Labute approximate surface area is 126 Å². The van der Waals surface area contributed by atoms with Crippen molar-refractivity contribution in [3.05, 3.63) is 76.0 Å². The maximum atomic E-state index is 12.6. The van der Waals surface area contributed by atoms with Gasteiger partial charge in [-0.05, 0) is 23.6 Å². The lowest BCUT2D eigenvalue weighted by Gasteiger charge is -2.06. The normalized spacial score (nSPS) is 10.7. The van der Waals surface area contributed by atoms with Crippen LogP contribution in [0.15, 0.2) is 54.9 Å². The first-order chi connectivity index (χ1) is 9.65. The van der Waals surface area contributed by atoms with Crippen LogP contribution in [0.5, 0.6) is 0 Å². The molecule has 0 radical (unpaired) electrons. The van der Waals surface area contributed by atoms with Crippen molar-refractivity contribution in [1.29, 1.82) is 0 Å². The third kappa shape index (κ3) is 2.40. The van der Waals surface area contributed by atoms with E-state index in [2.05, 4.69) is 4.98 Å². The van der Waals surface area contributed by atoms with Crippen molar-refractivity contribution in [2.24, 2.45) is 0 Å². The molecule has 3 rings (SSSR count). The predicted octanol–water partition coefficient (Wildman–Crippen LogP) is 4.77. The van der Waals surface area contributed by atoms with Crippen molar-refractivity contribution < 1.29 is 4.79 Å². The molecule has 0 amide bonds. The summed E-state index contributed by atoms with van der Waals surface area (Å²) in [6, 6.07) is 12.4. The van der Waals surface area contributed by atoms with Gasteiger partial charge in [0.25, 0.3) is 0 Å². The van der Waals surface area contributed by atoms with Crippen molar-refractivity contribution in [1.82, 2.24) is 4.98 Å². The van der Waals surface area contributed by atoms with Gasteiger partial charge in [0.1, 0.15) is 0 Å². The van der Waals surface area contributed by atoms with Crippen LogP contribution >= 0.6 is 23.2 Å². The highest BCUT2D eigenvalue weighted by molar-refractivity contribution is 6.35. The second kappa shape index (κ2) is 5.23. The van der Waals surface area contributed by atoms with Gasteiger partial charge >= 0.3 is 0 Å². The first-order valence-corrected chi connectivity index (χ1v) is 6.74. The van der Waals surface area contributed by atoms with Gasteiger partial charge in [0.05, 0.1) is 0 Å². The summed E-state index contributed by atoms with van der Waals surface area (Å²) < 4.78 is 0. The summed E-state index contributed by atoms with van der Waals surface area (Å²) >= 11 is 11.9. The van der Waals surface area contributed by atoms with Gasteiger partial charge in [-0.15, -0.1) is 0 Å². The fourth-order valence-electron chi connectivity index (χ4n) is 2.14. The molecule has 1 aromatic heterocycles. The molecule has 0 aliphatic rings. The van der Waals surface area contributed by atoms with Crippen LogP contribution in [0.1, 0.15) is 15.9 Å². The van der Waals surface area contributed by atoms with Gasteiger partial charge in [0.15, 0.2) is 5.78 Å². The molecular formula is C16H9Cl2NO. The summed E-state index contributed by atoms with van der Waals surface area (Å²) in [5.74, 6) is -0.140. The summed E-state index contributed by atoms with van der Waals surface area (Å²) in [7, 11) is 0. The number of ketones is 1. The van der Waals surface area contributed by atoms with Gasteiger partial charge < -0.3 is 0 Å². The van der Waals surface area contributed by atoms with E-state index in [1.54, 1.807) is 30.6 Å². The van der Waals surface area contributed by atoms with Crippen LogP contribution in [-0.2, 0) is 0 Å². The molecule has 0 aliphatic carbocycles. The van der Waals surface area contributed by atoms with E-state index in [1.807, 2.05) is 24.3 Å². The minimum Gasteiger partial charge on any atom is -0.289 e. The molecule has 4 heteroatoms. The van der Waals surface area contributed by atoms with Crippen molar-refractivity contribution >= 4 is 39.8 Å². The van der Waals surface area contributed by atoms with Crippen LogP contribution in [0, 0.1) is 0 Å². The number of nitrogens with zero attached hydrogens (tertiary/aromatic N) is 1. The van der Waals surface area contributed by atoms with E-state index in [0.717, 1.165) is 10.8 Å². The molecule has 0 saturated carbocycles. The number of fused-ring (bicyclic) bond motifs is 1. The highest BCUT2D eigenvalue weighted by Crippen LogP contribution is 2.24. The molecule has 0 aliphatic heterocycles. The number of carbonyl (C=O) groups is 1. The Balaban J connectivity index is 2.17. The SMILES string of the molecule is O=C(c1cc(Cl)cc(Cl)c1)c1cncc2ccccc12. The van der Waals surface area contributed by atoms with E-state index in [4.69, 9.17) is 23.2 Å². The summed E-state index contributed by atoms with van der Waals surface area (Å²) in [5, 5.41) is 2.66. The fraction of sp³-hybridized carbons (Fsp3) is 0. The zero-order valence-electron chi connectivity index (χ0n) is 10.3. The summed E-state index contributed by atoms with van der Waals surface area (Å²) in [4.78, 5) is 16.7. The molecular weight excluding hydrogens is 293 g/mol. The molecule has 0 unspecified atom stereocenters. The molecule has 0 N–H and O–H groups in total. The lowest BCUT2D eigenvalue weighted by Crippen LogP contribution is -2.03. The van der Waals surface area contributed by atoms with Crippen molar-refractivity contribution in [3.8, 4) is 0 Å². The largest absolute Gasteiger partial charge is 0.289 e. The van der Waals surface area contributed by atoms with Gasteiger partial charge in [0, 0.05) is 39.0 Å². The van der Waals surface area contributed by atoms with Crippen molar-refractivity contribution in [2.45, 2.75) is 0 Å². The highest BCUT2D eigenvalue weighted by Gasteiger charge is 2.14. The smallest absolute Gasteiger partial charge is 0.195 e. The molecule has 3 aromatic rings. The van der Waals surface area contributed by atoms with Gasteiger partial charge in [0.2, 0.25) is 0 Å². The van der Waals surface area contributed by atoms with E-state index in [0.29, 0.717) is 21.2 Å². The number of hydrogen-bond acceptors (Lipinski definition) is 2. The fourth-order valence-corrected chi connectivity index (χ4v) is 2.66. The van der Waals surface area contributed by atoms with Crippen LogP contribution in [-0.4, -0.2) is 10.8 Å². The minimum absolute atomic E-state index is 0.140. The van der Waals surface area contributed by atoms with E-state index >= 15 is 0 Å². The summed E-state index contributed by atoms with van der Waals surface area (Å²) in [6.45, 7) is 0. The lowest BCUT2D eigenvalue weighted by molar-refractivity contribution is 0.104. The Morgan fingerprint density at radius 3 is 2.40 bits per heavy atom. The average Bonchev–Trinajstić information content (AvgIpc) is 2.45. The second-order valence-electron chi connectivity index (χ2n) is 4.40. The second-order valence-corrected chi connectivity index (χ2v) is 5.27. The zero-order valence-corrected chi connectivity index (χ0v) is 11.8. The van der Waals surface area contributed by atoms with E-state index in [-0.39, 0.29) is 5.78 Å². The Hall–Kier alpha value is -1.90. The minimum atomic E-state index is -0.140. The van der Waals surface area contributed by atoms with Crippen LogP contribution in [0.25, 0.3) is 10.8 Å². The number of halogens is 2. The number of rotatable bonds is 2. The van der Waals surface area contributed by atoms with Gasteiger partial charge in [-0.3, -0.25) is 9.78 Å². The number of aromatic nitrogens is 1. The molecule has 98 valence electrons. The van der Waals surface area contributed by atoms with Crippen molar-refractivity contribution in [2.75, 3.05) is 0 Å². The maximum Gasteiger partial charge on any atom is 0.195 e. The van der Waals surface area contributed by atoms with E-state index in [1.165, 1.54) is 0 Å². The zero-order chi connectivity index (χ0) is 14.1. The van der Waals surface area contributed by atoms with Gasteiger partial charge in [-0.2, -0.15) is 0 Å². The van der Waals surface area contributed by atoms with E-state index in [9.17, 15) is 4.79 Å². The third-order valence-corrected chi connectivity index (χ3v) is 3.47. The van der Waals surface area contributed by atoms with Crippen LogP contribution in [0.4, 0.5) is 0 Å². The molecule has 0 spiro atoms. The van der Waals surface area contributed by atoms with E-state index < -0.39 is 0 Å². The number of benzene rings is 2. The van der Waals surface area contributed by atoms with Gasteiger partial charge in [-0.1, -0.05) is 47.5 Å². The first kappa shape index (κ1) is 13.1. The molecule has 20 heavy (non-hydrogen) atoms. The lowest BCUT2D eigenvalue weighted by atomic mass is 10.00. The highest BCUT2D eigenvalue weighted by atomic mass is 35.5. The predicted molar refractivity (Wildman–Crippen MR) is 81.6 cm³/mol. The molecule has 2 nitrogen and oxygen atoms in total. The topological polar surface area (TPSA) is 30.0 Å². The Kier molecular flexibility index (Phi) is 3.43. The molecule has 0 fully saturated rings. The van der Waals surface area contributed by atoms with Crippen LogP contribution < -0.4 is 0 Å². The third-order valence-electron chi connectivity index (χ3n) is 3.04. The Morgan fingerprint density at radius 1 is 0.950 bits per heavy atom. The van der Waals surface area contributed by atoms with Crippen LogP contribution in [0.3, 0.4) is 0 Å². The molecule has 0 bridgehead atoms. The van der Waals surface area contributed by atoms with Crippen LogP contribution in [0.2, 0.25) is 10.0 Å². The number of hydrogen-bond donors (Lipinski definition) is 0. The maximum absolute atomic E-state index is 12.6. The first-order valence-electron chi connectivity index (χ1n) is 5.99. The molecule has 0 saturated heterocycles. The standard InChI is InChI=1S/C16H9Cl2NO/c17-12-5-11(6-13(18)7-12)16(20)15-9-19-8-10-3-1-2-4-14(10)15/h1-9H.